The molecule has 3 rings (SSSR count). The molecule has 1 N–H and O–H groups in total. The van der Waals surface area contributed by atoms with E-state index >= 15 is 0 Å². The van der Waals surface area contributed by atoms with Gasteiger partial charge < -0.3 is 9.73 Å². The molecule has 0 amide bonds. The lowest BCUT2D eigenvalue weighted by Gasteiger charge is -2.10. The Morgan fingerprint density at radius 1 is 1.19 bits per heavy atom. The highest BCUT2D eigenvalue weighted by Gasteiger charge is 2.50. The highest BCUT2D eigenvalue weighted by molar-refractivity contribution is 5.37. The first-order valence-corrected chi connectivity index (χ1v) is 7.82. The Morgan fingerprint density at radius 2 is 1.95 bits per heavy atom. The van der Waals surface area contributed by atoms with Crippen LogP contribution in [0.2, 0.25) is 0 Å². The summed E-state index contributed by atoms with van der Waals surface area (Å²) in [7, 11) is 0. The van der Waals surface area contributed by atoms with Gasteiger partial charge in [-0.05, 0) is 31.4 Å². The van der Waals surface area contributed by atoms with Crippen molar-refractivity contribution in [3.8, 4) is 0 Å². The van der Waals surface area contributed by atoms with Crippen molar-refractivity contribution >= 4 is 0 Å². The molecule has 0 spiro atoms. The molecule has 1 aliphatic rings. The van der Waals surface area contributed by atoms with E-state index in [1.165, 1.54) is 5.56 Å². The quantitative estimate of drug-likeness (QED) is 0.794. The molecule has 0 saturated heterocycles. The highest BCUT2D eigenvalue weighted by atomic mass is 16.4. The van der Waals surface area contributed by atoms with Crippen LogP contribution in [0, 0.1) is 0 Å². The molecule has 1 heterocycles. The van der Waals surface area contributed by atoms with Crippen molar-refractivity contribution < 1.29 is 4.42 Å². The lowest BCUT2D eigenvalue weighted by atomic mass is 9.96. The Bertz CT molecular complexity index is 573. The summed E-state index contributed by atoms with van der Waals surface area (Å²) in [6.45, 7) is 5.29. The maximum Gasteiger partial charge on any atom is 0.227 e. The van der Waals surface area contributed by atoms with Crippen LogP contribution in [0.5, 0.6) is 0 Å². The first-order valence-electron chi connectivity index (χ1n) is 7.82. The predicted molar refractivity (Wildman–Crippen MR) is 82.2 cm³/mol. The number of nitrogens with zero attached hydrogens (tertiary/aromatic N) is 2. The number of rotatable bonds is 7. The van der Waals surface area contributed by atoms with Crippen molar-refractivity contribution in [2.75, 3.05) is 6.54 Å². The Morgan fingerprint density at radius 3 is 2.62 bits per heavy atom. The van der Waals surface area contributed by atoms with E-state index in [0.29, 0.717) is 6.04 Å². The summed E-state index contributed by atoms with van der Waals surface area (Å²) in [6, 6.07) is 11.0. The zero-order chi connectivity index (χ0) is 14.7. The van der Waals surface area contributed by atoms with Crippen molar-refractivity contribution in [1.82, 2.24) is 15.5 Å². The van der Waals surface area contributed by atoms with Crippen molar-refractivity contribution in [3.05, 3.63) is 47.7 Å². The molecular weight excluding hydrogens is 262 g/mol. The summed E-state index contributed by atoms with van der Waals surface area (Å²) in [4.78, 5) is 0. The van der Waals surface area contributed by atoms with Crippen LogP contribution in [0.15, 0.2) is 34.7 Å². The third-order valence-corrected chi connectivity index (χ3v) is 4.07. The molecule has 0 bridgehead atoms. The minimum Gasteiger partial charge on any atom is -0.424 e. The molecule has 0 radical (unpaired) electrons. The number of benzene rings is 1. The fourth-order valence-corrected chi connectivity index (χ4v) is 2.69. The Balaban J connectivity index is 1.63. The molecule has 4 nitrogen and oxygen atoms in total. The van der Waals surface area contributed by atoms with Gasteiger partial charge in [0.25, 0.3) is 0 Å². The monoisotopic (exact) mass is 285 g/mol. The minimum absolute atomic E-state index is 0.0112. The number of aryl methyl sites for hydroxylation is 1. The SMILES string of the molecule is CC(C)NCCCc1nnc(C2(c3ccccc3)CC2)o1. The number of nitrogens with one attached hydrogen (secondary N) is 1. The first kappa shape index (κ1) is 14.3. The lowest BCUT2D eigenvalue weighted by molar-refractivity contribution is 0.418. The molecule has 0 aliphatic heterocycles. The van der Waals surface area contributed by atoms with E-state index in [9.17, 15) is 0 Å². The van der Waals surface area contributed by atoms with Gasteiger partial charge in [0.15, 0.2) is 0 Å². The highest BCUT2D eigenvalue weighted by Crippen LogP contribution is 2.52. The lowest BCUT2D eigenvalue weighted by Crippen LogP contribution is -2.23. The summed E-state index contributed by atoms with van der Waals surface area (Å²) in [5.74, 6) is 1.55. The van der Waals surface area contributed by atoms with Gasteiger partial charge in [0.05, 0.1) is 5.41 Å². The molecule has 1 aromatic heterocycles. The smallest absolute Gasteiger partial charge is 0.227 e. The van der Waals surface area contributed by atoms with Crippen LogP contribution in [-0.2, 0) is 11.8 Å². The van der Waals surface area contributed by atoms with E-state index in [1.807, 2.05) is 6.07 Å². The normalized spacial score (nSPS) is 16.3. The molecule has 112 valence electrons. The van der Waals surface area contributed by atoms with Gasteiger partial charge in [-0.1, -0.05) is 44.2 Å². The summed E-state index contributed by atoms with van der Waals surface area (Å²) in [6.07, 6.45) is 4.08. The largest absolute Gasteiger partial charge is 0.424 e. The third-order valence-electron chi connectivity index (χ3n) is 4.07. The second kappa shape index (κ2) is 5.98. The summed E-state index contributed by atoms with van der Waals surface area (Å²) in [5.41, 5.74) is 1.28. The van der Waals surface area contributed by atoms with Gasteiger partial charge in [0.1, 0.15) is 0 Å². The molecule has 2 aromatic rings. The summed E-state index contributed by atoms with van der Waals surface area (Å²) >= 11 is 0. The van der Waals surface area contributed by atoms with Crippen LogP contribution in [0.3, 0.4) is 0 Å². The molecule has 1 aromatic carbocycles. The number of hydrogen-bond donors (Lipinski definition) is 1. The second-order valence-electron chi connectivity index (χ2n) is 6.16. The van der Waals surface area contributed by atoms with Crippen LogP contribution < -0.4 is 5.32 Å². The molecule has 21 heavy (non-hydrogen) atoms. The van der Waals surface area contributed by atoms with E-state index in [0.717, 1.165) is 44.0 Å². The first-order chi connectivity index (χ1) is 10.2. The molecule has 4 heteroatoms. The molecular formula is C17H23N3O. The van der Waals surface area contributed by atoms with Crippen LogP contribution in [-0.4, -0.2) is 22.8 Å². The van der Waals surface area contributed by atoms with Gasteiger partial charge in [-0.15, -0.1) is 10.2 Å². The van der Waals surface area contributed by atoms with E-state index in [2.05, 4.69) is 53.6 Å². The van der Waals surface area contributed by atoms with Crippen molar-refractivity contribution in [1.29, 1.82) is 0 Å². The predicted octanol–water partition coefficient (Wildman–Crippen LogP) is 3.08. The van der Waals surface area contributed by atoms with Crippen molar-refractivity contribution in [2.45, 2.75) is 51.0 Å². The fraction of sp³-hybridized carbons (Fsp3) is 0.529. The molecule has 0 atom stereocenters. The Kier molecular flexibility index (Phi) is 4.06. The van der Waals surface area contributed by atoms with Gasteiger partial charge in [0, 0.05) is 12.5 Å². The average Bonchev–Trinajstić information content (AvgIpc) is 3.17. The standard InChI is InChI=1S/C17H23N3O/c1-13(2)18-12-6-9-15-19-20-16(21-15)17(10-11-17)14-7-4-3-5-8-14/h3-5,7-8,13,18H,6,9-12H2,1-2H3. The topological polar surface area (TPSA) is 51.0 Å². The third kappa shape index (κ3) is 3.16. The Hall–Kier alpha value is -1.68. The van der Waals surface area contributed by atoms with Crippen LogP contribution in [0.25, 0.3) is 0 Å². The average molecular weight is 285 g/mol. The van der Waals surface area contributed by atoms with Gasteiger partial charge >= 0.3 is 0 Å². The van der Waals surface area contributed by atoms with Crippen LogP contribution >= 0.6 is 0 Å². The van der Waals surface area contributed by atoms with Gasteiger partial charge in [-0.2, -0.15) is 0 Å². The van der Waals surface area contributed by atoms with E-state index < -0.39 is 0 Å². The van der Waals surface area contributed by atoms with Gasteiger partial charge in [-0.3, -0.25) is 0 Å². The number of hydrogen-bond acceptors (Lipinski definition) is 4. The second-order valence-corrected chi connectivity index (χ2v) is 6.16. The fourth-order valence-electron chi connectivity index (χ4n) is 2.69. The zero-order valence-corrected chi connectivity index (χ0v) is 12.8. The van der Waals surface area contributed by atoms with Crippen molar-refractivity contribution in [3.63, 3.8) is 0 Å². The number of aromatic nitrogens is 2. The minimum atomic E-state index is -0.0112. The van der Waals surface area contributed by atoms with E-state index in [4.69, 9.17) is 4.42 Å². The van der Waals surface area contributed by atoms with Crippen LogP contribution in [0.4, 0.5) is 0 Å². The maximum absolute atomic E-state index is 5.92. The van der Waals surface area contributed by atoms with Gasteiger partial charge in [0.2, 0.25) is 11.8 Å². The van der Waals surface area contributed by atoms with Crippen LogP contribution in [0.1, 0.15) is 50.5 Å². The molecule has 1 aliphatic carbocycles. The maximum atomic E-state index is 5.92. The molecule has 0 unspecified atom stereocenters. The summed E-state index contributed by atoms with van der Waals surface area (Å²) < 4.78 is 5.92. The molecule has 1 saturated carbocycles. The zero-order valence-electron chi connectivity index (χ0n) is 12.8. The molecule has 1 fully saturated rings. The summed E-state index contributed by atoms with van der Waals surface area (Å²) in [5, 5.41) is 11.9. The van der Waals surface area contributed by atoms with E-state index in [-0.39, 0.29) is 5.41 Å². The van der Waals surface area contributed by atoms with Crippen molar-refractivity contribution in [2.24, 2.45) is 0 Å². The van der Waals surface area contributed by atoms with E-state index in [1.54, 1.807) is 0 Å². The van der Waals surface area contributed by atoms with Gasteiger partial charge in [-0.25, -0.2) is 0 Å². The Labute approximate surface area is 126 Å².